The molecule has 7 nitrogen and oxygen atoms in total. The Morgan fingerprint density at radius 2 is 1.05 bits per heavy atom. The number of hydrogen-bond donors (Lipinski definition) is 2. The second-order valence-electron chi connectivity index (χ2n) is 5.61. The van der Waals surface area contributed by atoms with E-state index < -0.39 is 23.5 Å². The summed E-state index contributed by atoms with van der Waals surface area (Å²) in [5.74, 6) is 0. The zero-order chi connectivity index (χ0) is 15.7. The largest absolute Gasteiger partial charge is 0.519 e. The molecule has 0 atom stereocenters. The predicted molar refractivity (Wildman–Crippen MR) is 71.7 cm³/mol. The molecule has 0 unspecified atom stereocenters. The molecular formula is C12H26N2O5. The van der Waals surface area contributed by atoms with E-state index in [-0.39, 0.29) is 0 Å². The summed E-state index contributed by atoms with van der Waals surface area (Å²) in [6.45, 7) is 11.2. The van der Waals surface area contributed by atoms with Gasteiger partial charge in [0.1, 0.15) is 11.2 Å². The van der Waals surface area contributed by atoms with Gasteiger partial charge in [0, 0.05) is 13.1 Å². The van der Waals surface area contributed by atoms with Crippen LogP contribution in [-0.2, 0) is 14.2 Å². The van der Waals surface area contributed by atoms with Gasteiger partial charge in [-0.3, -0.25) is 0 Å². The molecule has 0 saturated heterocycles. The van der Waals surface area contributed by atoms with Crippen LogP contribution in [0.1, 0.15) is 41.5 Å². The maximum atomic E-state index is 11.0. The topological polar surface area (TPSA) is 114 Å². The second-order valence-corrected chi connectivity index (χ2v) is 5.61. The lowest BCUT2D eigenvalue weighted by molar-refractivity contribution is -0.0293. The van der Waals surface area contributed by atoms with Crippen LogP contribution in [0, 0.1) is 0 Å². The van der Waals surface area contributed by atoms with Gasteiger partial charge in [-0.1, -0.05) is 0 Å². The average Bonchev–Trinajstić information content (AvgIpc) is 2.11. The monoisotopic (exact) mass is 278 g/mol. The Labute approximate surface area is 114 Å². The minimum Gasteiger partial charge on any atom is -0.428 e. The highest BCUT2D eigenvalue weighted by atomic mass is 16.8. The third-order valence-corrected chi connectivity index (χ3v) is 1.11. The normalized spacial score (nSPS) is 10.9. The first kappa shape index (κ1) is 20.0. The van der Waals surface area contributed by atoms with E-state index in [2.05, 4.69) is 4.74 Å². The first-order valence-electron chi connectivity index (χ1n) is 5.95. The van der Waals surface area contributed by atoms with Crippen molar-refractivity contribution in [1.29, 1.82) is 0 Å². The SMILES string of the molecule is CC(C)(C)OC(=O)OC(=O)OC(C)(C)C.NCCN. The average molecular weight is 278 g/mol. The minimum absolute atomic E-state index is 0.597. The van der Waals surface area contributed by atoms with Crippen LogP contribution in [-0.4, -0.2) is 36.6 Å². The molecule has 0 bridgehead atoms. The summed E-state index contributed by atoms with van der Waals surface area (Å²) >= 11 is 0. The zero-order valence-corrected chi connectivity index (χ0v) is 12.6. The molecular weight excluding hydrogens is 252 g/mol. The molecule has 0 aromatic rings. The predicted octanol–water partition coefficient (Wildman–Crippen LogP) is 1.78. The first-order valence-corrected chi connectivity index (χ1v) is 5.95. The Bertz CT molecular complexity index is 251. The third kappa shape index (κ3) is 19.2. The second kappa shape index (κ2) is 8.71. The standard InChI is InChI=1S/C10H18O5.C2H8N2/c1-9(2,3)14-7(11)13-8(12)15-10(4,5)6;3-1-2-4/h1-6H3;1-4H2. The molecule has 0 aliphatic carbocycles. The van der Waals surface area contributed by atoms with E-state index in [1.54, 1.807) is 41.5 Å². The van der Waals surface area contributed by atoms with Crippen LogP contribution in [0.3, 0.4) is 0 Å². The maximum absolute atomic E-state index is 11.0. The Kier molecular flexibility index (Phi) is 9.16. The van der Waals surface area contributed by atoms with Gasteiger partial charge in [0.15, 0.2) is 0 Å². The van der Waals surface area contributed by atoms with Crippen molar-refractivity contribution in [3.8, 4) is 0 Å². The van der Waals surface area contributed by atoms with Gasteiger partial charge in [-0.25, -0.2) is 9.59 Å². The van der Waals surface area contributed by atoms with E-state index in [4.69, 9.17) is 20.9 Å². The van der Waals surface area contributed by atoms with Gasteiger partial charge in [0.25, 0.3) is 0 Å². The van der Waals surface area contributed by atoms with Crippen LogP contribution < -0.4 is 11.5 Å². The van der Waals surface area contributed by atoms with E-state index in [0.717, 1.165) is 0 Å². The summed E-state index contributed by atoms with van der Waals surface area (Å²) in [4.78, 5) is 22.0. The Morgan fingerprint density at radius 1 is 0.789 bits per heavy atom. The van der Waals surface area contributed by atoms with Gasteiger partial charge < -0.3 is 25.7 Å². The number of rotatable bonds is 1. The zero-order valence-electron chi connectivity index (χ0n) is 12.6. The summed E-state index contributed by atoms with van der Waals surface area (Å²) in [5.41, 5.74) is 8.41. The lowest BCUT2D eigenvalue weighted by atomic mass is 10.2. The van der Waals surface area contributed by atoms with E-state index in [0.29, 0.717) is 13.1 Å². The van der Waals surface area contributed by atoms with Gasteiger partial charge in [0.2, 0.25) is 0 Å². The highest BCUT2D eigenvalue weighted by molar-refractivity contribution is 5.77. The van der Waals surface area contributed by atoms with Crippen molar-refractivity contribution < 1.29 is 23.8 Å². The fraction of sp³-hybridized carbons (Fsp3) is 0.833. The Hall–Kier alpha value is -1.34. The molecule has 0 radical (unpaired) electrons. The molecule has 7 heteroatoms. The molecule has 0 saturated carbocycles. The quantitative estimate of drug-likeness (QED) is 0.555. The van der Waals surface area contributed by atoms with Gasteiger partial charge >= 0.3 is 12.3 Å². The fourth-order valence-corrected chi connectivity index (χ4v) is 0.610. The molecule has 0 amide bonds. The van der Waals surface area contributed by atoms with Gasteiger partial charge in [-0.15, -0.1) is 0 Å². The summed E-state index contributed by atoms with van der Waals surface area (Å²) in [6, 6.07) is 0. The molecule has 4 N–H and O–H groups in total. The van der Waals surface area contributed by atoms with Gasteiger partial charge in [-0.05, 0) is 41.5 Å². The van der Waals surface area contributed by atoms with Gasteiger partial charge in [0.05, 0.1) is 0 Å². The lowest BCUT2D eigenvalue weighted by Gasteiger charge is -2.20. The molecule has 0 aromatic heterocycles. The van der Waals surface area contributed by atoms with Crippen LogP contribution in [0.4, 0.5) is 9.59 Å². The molecule has 0 spiro atoms. The van der Waals surface area contributed by atoms with Crippen molar-refractivity contribution in [2.75, 3.05) is 13.1 Å². The summed E-state index contributed by atoms with van der Waals surface area (Å²) in [7, 11) is 0. The van der Waals surface area contributed by atoms with Crippen LogP contribution in [0.15, 0.2) is 0 Å². The molecule has 0 heterocycles. The first-order chi connectivity index (χ1) is 8.41. The number of carbonyl (C=O) groups excluding carboxylic acids is 2. The fourth-order valence-electron chi connectivity index (χ4n) is 0.610. The van der Waals surface area contributed by atoms with Crippen molar-refractivity contribution >= 4 is 12.3 Å². The molecule has 114 valence electrons. The Morgan fingerprint density at radius 3 is 1.21 bits per heavy atom. The van der Waals surface area contributed by atoms with Crippen LogP contribution in [0.25, 0.3) is 0 Å². The minimum atomic E-state index is -1.06. The van der Waals surface area contributed by atoms with E-state index in [1.165, 1.54) is 0 Å². The molecule has 0 aromatic carbocycles. The lowest BCUT2D eigenvalue weighted by Crippen LogP contribution is -2.29. The number of ether oxygens (including phenoxy) is 3. The van der Waals surface area contributed by atoms with E-state index in [1.807, 2.05) is 0 Å². The summed E-state index contributed by atoms with van der Waals surface area (Å²) < 4.78 is 13.8. The van der Waals surface area contributed by atoms with Crippen molar-refractivity contribution in [2.45, 2.75) is 52.7 Å². The van der Waals surface area contributed by atoms with Crippen molar-refractivity contribution in [3.05, 3.63) is 0 Å². The number of hydrogen-bond acceptors (Lipinski definition) is 7. The van der Waals surface area contributed by atoms with E-state index >= 15 is 0 Å². The highest BCUT2D eigenvalue weighted by Gasteiger charge is 2.24. The van der Waals surface area contributed by atoms with Crippen LogP contribution in [0.2, 0.25) is 0 Å². The maximum Gasteiger partial charge on any atom is 0.519 e. The van der Waals surface area contributed by atoms with Crippen molar-refractivity contribution in [2.24, 2.45) is 11.5 Å². The van der Waals surface area contributed by atoms with Crippen molar-refractivity contribution in [3.63, 3.8) is 0 Å². The molecule has 0 aliphatic rings. The smallest absolute Gasteiger partial charge is 0.428 e. The van der Waals surface area contributed by atoms with Gasteiger partial charge in [-0.2, -0.15) is 0 Å². The van der Waals surface area contributed by atoms with Crippen LogP contribution >= 0.6 is 0 Å². The molecule has 19 heavy (non-hydrogen) atoms. The number of carbonyl (C=O) groups is 2. The van der Waals surface area contributed by atoms with Crippen LogP contribution in [0.5, 0.6) is 0 Å². The molecule has 0 fully saturated rings. The van der Waals surface area contributed by atoms with Crippen molar-refractivity contribution in [1.82, 2.24) is 0 Å². The third-order valence-electron chi connectivity index (χ3n) is 1.11. The summed E-state index contributed by atoms with van der Waals surface area (Å²) in [5, 5.41) is 0. The Balaban J connectivity index is 0. The summed E-state index contributed by atoms with van der Waals surface area (Å²) in [6.07, 6.45) is -2.12. The molecule has 0 rings (SSSR count). The highest BCUT2D eigenvalue weighted by Crippen LogP contribution is 2.11. The number of nitrogens with two attached hydrogens (primary N) is 2. The molecule has 0 aliphatic heterocycles. The van der Waals surface area contributed by atoms with E-state index in [9.17, 15) is 9.59 Å².